The van der Waals surface area contributed by atoms with Gasteiger partial charge in [-0.25, -0.2) is 8.42 Å². The Hall–Kier alpha value is -2.05. The molecule has 0 radical (unpaired) electrons. The van der Waals surface area contributed by atoms with Gasteiger partial charge in [0, 0.05) is 12.6 Å². The molecule has 0 atom stereocenters. The smallest absolute Gasteiger partial charge is 0.261 e. The lowest BCUT2D eigenvalue weighted by Crippen LogP contribution is -2.33. The predicted molar refractivity (Wildman–Crippen MR) is 109 cm³/mol. The minimum absolute atomic E-state index is 0.221. The highest BCUT2D eigenvalue weighted by Gasteiger charge is 2.20. The van der Waals surface area contributed by atoms with Crippen molar-refractivity contribution in [1.82, 2.24) is 4.90 Å². The second-order valence-electron chi connectivity index (χ2n) is 7.15. The standard InChI is InChI=1S/C21H28N2O3S/c1-23(18-9-4-3-5-10-18)16-17-8-6-7-11-21(17)22-27(24,25)20-14-12-19(26-2)13-15-20/h6-8,11-15,18,22H,3-5,9-10,16H2,1-2H3. The van der Waals surface area contributed by atoms with Crippen LogP contribution in [0.5, 0.6) is 5.75 Å². The molecule has 146 valence electrons. The zero-order valence-electron chi connectivity index (χ0n) is 16.0. The van der Waals surface area contributed by atoms with Gasteiger partial charge in [0.15, 0.2) is 0 Å². The maximum Gasteiger partial charge on any atom is 0.261 e. The third-order valence-corrected chi connectivity index (χ3v) is 6.63. The normalized spacial score (nSPS) is 15.7. The first-order valence-electron chi connectivity index (χ1n) is 9.44. The Bertz CT molecular complexity index is 844. The van der Waals surface area contributed by atoms with Gasteiger partial charge in [0.05, 0.1) is 17.7 Å². The lowest BCUT2D eigenvalue weighted by molar-refractivity contribution is 0.185. The molecule has 2 aromatic carbocycles. The third kappa shape index (κ3) is 5.02. The van der Waals surface area contributed by atoms with Crippen LogP contribution in [-0.4, -0.2) is 33.5 Å². The molecular formula is C21H28N2O3S. The molecule has 0 unspecified atom stereocenters. The van der Waals surface area contributed by atoms with Gasteiger partial charge in [-0.2, -0.15) is 0 Å². The fourth-order valence-corrected chi connectivity index (χ4v) is 4.74. The quantitative estimate of drug-likeness (QED) is 0.770. The first kappa shape index (κ1) is 19.7. The summed E-state index contributed by atoms with van der Waals surface area (Å²) >= 11 is 0. The molecule has 0 spiro atoms. The zero-order chi connectivity index (χ0) is 19.3. The highest BCUT2D eigenvalue weighted by Crippen LogP contribution is 2.26. The summed E-state index contributed by atoms with van der Waals surface area (Å²) in [5.74, 6) is 0.628. The van der Waals surface area contributed by atoms with Crippen molar-refractivity contribution < 1.29 is 13.2 Å². The summed E-state index contributed by atoms with van der Waals surface area (Å²) < 4.78 is 33.4. The van der Waals surface area contributed by atoms with Crippen molar-refractivity contribution in [2.45, 2.75) is 49.6 Å². The molecule has 2 aromatic rings. The van der Waals surface area contributed by atoms with Gasteiger partial charge in [-0.3, -0.25) is 9.62 Å². The van der Waals surface area contributed by atoms with E-state index in [-0.39, 0.29) is 4.90 Å². The van der Waals surface area contributed by atoms with Crippen LogP contribution in [0.4, 0.5) is 5.69 Å². The molecular weight excluding hydrogens is 360 g/mol. The predicted octanol–water partition coefficient (Wildman–Crippen LogP) is 4.26. The number of para-hydroxylation sites is 1. The molecule has 0 bridgehead atoms. The molecule has 27 heavy (non-hydrogen) atoms. The number of methoxy groups -OCH3 is 1. The Balaban J connectivity index is 1.76. The van der Waals surface area contributed by atoms with Crippen LogP contribution in [-0.2, 0) is 16.6 Å². The Morgan fingerprint density at radius 1 is 1.04 bits per heavy atom. The van der Waals surface area contributed by atoms with Crippen molar-refractivity contribution in [3.8, 4) is 5.75 Å². The minimum atomic E-state index is -3.65. The Morgan fingerprint density at radius 3 is 2.37 bits per heavy atom. The summed E-state index contributed by atoms with van der Waals surface area (Å²) in [4.78, 5) is 2.57. The highest BCUT2D eigenvalue weighted by molar-refractivity contribution is 7.92. The van der Waals surface area contributed by atoms with E-state index in [0.717, 1.165) is 12.1 Å². The fraction of sp³-hybridized carbons (Fsp3) is 0.429. The second kappa shape index (κ2) is 8.76. The SMILES string of the molecule is COc1ccc(S(=O)(=O)Nc2ccccc2CN(C)C2CCCCC2)cc1. The van der Waals surface area contributed by atoms with E-state index < -0.39 is 10.0 Å². The summed E-state index contributed by atoms with van der Waals surface area (Å²) in [7, 11) is 0.0405. The first-order chi connectivity index (χ1) is 13.0. The number of rotatable bonds is 7. The van der Waals surface area contributed by atoms with Crippen molar-refractivity contribution in [2.75, 3.05) is 18.9 Å². The van der Waals surface area contributed by atoms with Crippen molar-refractivity contribution in [1.29, 1.82) is 0 Å². The van der Waals surface area contributed by atoms with Crippen molar-refractivity contribution in [2.24, 2.45) is 0 Å². The zero-order valence-corrected chi connectivity index (χ0v) is 16.8. The number of hydrogen-bond acceptors (Lipinski definition) is 4. The maximum absolute atomic E-state index is 12.8. The number of ether oxygens (including phenoxy) is 1. The lowest BCUT2D eigenvalue weighted by atomic mass is 9.94. The van der Waals surface area contributed by atoms with E-state index in [4.69, 9.17) is 4.74 Å². The largest absolute Gasteiger partial charge is 0.497 e. The number of nitrogens with zero attached hydrogens (tertiary/aromatic N) is 1. The summed E-state index contributed by atoms with van der Waals surface area (Å²) in [5.41, 5.74) is 1.62. The second-order valence-corrected chi connectivity index (χ2v) is 8.83. The third-order valence-electron chi connectivity index (χ3n) is 5.25. The van der Waals surface area contributed by atoms with Crippen LogP contribution in [0, 0.1) is 0 Å². The Morgan fingerprint density at radius 2 is 1.70 bits per heavy atom. The van der Waals surface area contributed by atoms with E-state index in [2.05, 4.69) is 16.7 Å². The van der Waals surface area contributed by atoms with Gasteiger partial charge in [-0.05, 0) is 55.8 Å². The van der Waals surface area contributed by atoms with Crippen molar-refractivity contribution in [3.05, 3.63) is 54.1 Å². The van der Waals surface area contributed by atoms with E-state index in [1.165, 1.54) is 32.1 Å². The molecule has 0 saturated heterocycles. The van der Waals surface area contributed by atoms with Gasteiger partial charge < -0.3 is 4.74 Å². The van der Waals surface area contributed by atoms with E-state index >= 15 is 0 Å². The number of hydrogen-bond donors (Lipinski definition) is 1. The van der Waals surface area contributed by atoms with Crippen LogP contribution in [0.1, 0.15) is 37.7 Å². The van der Waals surface area contributed by atoms with Crippen LogP contribution in [0.3, 0.4) is 0 Å². The molecule has 1 aliphatic carbocycles. The molecule has 0 amide bonds. The van der Waals surface area contributed by atoms with Gasteiger partial charge in [0.25, 0.3) is 10.0 Å². The molecule has 0 aliphatic heterocycles. The van der Waals surface area contributed by atoms with Crippen molar-refractivity contribution in [3.63, 3.8) is 0 Å². The summed E-state index contributed by atoms with van der Waals surface area (Å²) in [6.07, 6.45) is 6.32. The number of nitrogens with one attached hydrogen (secondary N) is 1. The van der Waals surface area contributed by atoms with Gasteiger partial charge in [0.2, 0.25) is 0 Å². The number of sulfonamides is 1. The summed E-state index contributed by atoms with van der Waals surface area (Å²) in [5, 5.41) is 0. The van der Waals surface area contributed by atoms with Crippen LogP contribution in [0.2, 0.25) is 0 Å². The molecule has 6 heteroatoms. The van der Waals surface area contributed by atoms with E-state index in [1.807, 2.05) is 24.3 Å². The van der Waals surface area contributed by atoms with Crippen LogP contribution >= 0.6 is 0 Å². The molecule has 5 nitrogen and oxygen atoms in total. The monoisotopic (exact) mass is 388 g/mol. The van der Waals surface area contributed by atoms with Gasteiger partial charge >= 0.3 is 0 Å². The lowest BCUT2D eigenvalue weighted by Gasteiger charge is -2.31. The fourth-order valence-electron chi connectivity index (χ4n) is 3.64. The van der Waals surface area contributed by atoms with Crippen LogP contribution in [0.15, 0.2) is 53.4 Å². The summed E-state index contributed by atoms with van der Waals surface area (Å²) in [6, 6.07) is 14.6. The maximum atomic E-state index is 12.8. The average Bonchev–Trinajstić information content (AvgIpc) is 2.70. The van der Waals surface area contributed by atoms with E-state index in [0.29, 0.717) is 17.5 Å². The average molecular weight is 389 g/mol. The Kier molecular flexibility index (Phi) is 6.39. The van der Waals surface area contributed by atoms with Crippen molar-refractivity contribution >= 4 is 15.7 Å². The summed E-state index contributed by atoms with van der Waals surface area (Å²) in [6.45, 7) is 0.728. The van der Waals surface area contributed by atoms with Gasteiger partial charge in [-0.1, -0.05) is 37.5 Å². The van der Waals surface area contributed by atoms with E-state index in [9.17, 15) is 8.42 Å². The molecule has 0 heterocycles. The first-order valence-corrected chi connectivity index (χ1v) is 10.9. The van der Waals surface area contributed by atoms with Gasteiger partial charge in [-0.15, -0.1) is 0 Å². The molecule has 1 saturated carbocycles. The molecule has 1 aliphatic rings. The van der Waals surface area contributed by atoms with Gasteiger partial charge in [0.1, 0.15) is 5.75 Å². The van der Waals surface area contributed by atoms with E-state index in [1.54, 1.807) is 31.4 Å². The number of benzene rings is 2. The topological polar surface area (TPSA) is 58.6 Å². The minimum Gasteiger partial charge on any atom is -0.497 e. The molecule has 3 rings (SSSR count). The molecule has 0 aromatic heterocycles. The number of anilines is 1. The Labute approximate surface area is 162 Å². The van der Waals surface area contributed by atoms with Crippen LogP contribution in [0.25, 0.3) is 0 Å². The molecule has 1 fully saturated rings. The molecule has 1 N–H and O–H groups in total. The highest BCUT2D eigenvalue weighted by atomic mass is 32.2. The van der Waals surface area contributed by atoms with Crippen LogP contribution < -0.4 is 9.46 Å².